The van der Waals surface area contributed by atoms with Crippen LogP contribution in [-0.4, -0.2) is 0 Å². The van der Waals surface area contributed by atoms with E-state index in [1.54, 1.807) is 0 Å². The van der Waals surface area contributed by atoms with E-state index in [4.69, 9.17) is 0 Å². The van der Waals surface area contributed by atoms with E-state index in [0.29, 0.717) is 0 Å². The van der Waals surface area contributed by atoms with Crippen LogP contribution in [0.3, 0.4) is 0 Å². The van der Waals surface area contributed by atoms with Gasteiger partial charge in [-0.15, -0.1) is 0 Å². The molecule has 2 atom stereocenters. The third-order valence-electron chi connectivity index (χ3n) is 4.46. The van der Waals surface area contributed by atoms with E-state index >= 15 is 0 Å². The largest absolute Gasteiger partial charge is 0.0807 e. The Labute approximate surface area is 60.6 Å². The summed E-state index contributed by atoms with van der Waals surface area (Å²) in [6, 6.07) is 0. The molecule has 0 aliphatic heterocycles. The maximum absolute atomic E-state index is 2.51. The topological polar surface area (TPSA) is 0 Å². The highest BCUT2D eigenvalue weighted by Crippen LogP contribution is 2.89. The predicted molar refractivity (Wildman–Crippen MR) is 39.4 cm³/mol. The first-order valence-electron chi connectivity index (χ1n) is 4.28. The van der Waals surface area contributed by atoms with Gasteiger partial charge in [-0.05, 0) is 24.7 Å². The van der Waals surface area contributed by atoms with Crippen molar-refractivity contribution in [2.24, 2.45) is 22.7 Å². The van der Waals surface area contributed by atoms with E-state index in [-0.39, 0.29) is 0 Å². The van der Waals surface area contributed by atoms with Crippen molar-refractivity contribution in [1.29, 1.82) is 0 Å². The molecule has 0 N–H and O–H groups in total. The van der Waals surface area contributed by atoms with Crippen LogP contribution in [0.4, 0.5) is 0 Å². The molecule has 2 saturated carbocycles. The lowest BCUT2D eigenvalue weighted by atomic mass is 9.74. The van der Waals surface area contributed by atoms with Gasteiger partial charge in [-0.25, -0.2) is 0 Å². The van der Waals surface area contributed by atoms with E-state index in [2.05, 4.69) is 24.3 Å². The molecule has 4 aliphatic rings. The maximum Gasteiger partial charge on any atom is 0.00220 e. The quantitative estimate of drug-likeness (QED) is 0.441. The van der Waals surface area contributed by atoms with Gasteiger partial charge in [-0.1, -0.05) is 24.3 Å². The van der Waals surface area contributed by atoms with E-state index in [1.165, 1.54) is 12.8 Å². The molecule has 0 saturated heterocycles. The molecule has 2 fully saturated rings. The first kappa shape index (κ1) is 4.38. The van der Waals surface area contributed by atoms with Crippen molar-refractivity contribution in [2.75, 3.05) is 0 Å². The zero-order chi connectivity index (χ0) is 6.40. The summed E-state index contributed by atoms with van der Waals surface area (Å²) in [6.45, 7) is 0. The lowest BCUT2D eigenvalue weighted by Crippen LogP contribution is -2.20. The van der Waals surface area contributed by atoms with Crippen molar-refractivity contribution >= 4 is 0 Å². The Morgan fingerprint density at radius 2 is 1.60 bits per heavy atom. The Kier molecular flexibility index (Phi) is 0.377. The van der Waals surface area contributed by atoms with Crippen molar-refractivity contribution in [3.8, 4) is 0 Å². The fourth-order valence-electron chi connectivity index (χ4n) is 3.92. The third kappa shape index (κ3) is 0.183. The Bertz CT molecular complexity index is 258. The Balaban J connectivity index is 2.08. The average molecular weight is 130 g/mol. The number of hydrogen-bond acceptors (Lipinski definition) is 0. The molecule has 0 heteroatoms. The smallest absolute Gasteiger partial charge is 0.00220 e. The predicted octanol–water partition coefficient (Wildman–Crippen LogP) is 2.14. The third-order valence-corrected chi connectivity index (χ3v) is 4.46. The van der Waals surface area contributed by atoms with Gasteiger partial charge in [0, 0.05) is 10.8 Å². The van der Waals surface area contributed by atoms with Gasteiger partial charge in [-0.2, -0.15) is 0 Å². The molecule has 0 radical (unpaired) electrons. The van der Waals surface area contributed by atoms with Gasteiger partial charge < -0.3 is 0 Å². The lowest BCUT2D eigenvalue weighted by Gasteiger charge is -2.30. The lowest BCUT2D eigenvalue weighted by molar-refractivity contribution is 0.287. The van der Waals surface area contributed by atoms with Crippen molar-refractivity contribution in [3.63, 3.8) is 0 Å². The van der Waals surface area contributed by atoms with Gasteiger partial charge in [0.15, 0.2) is 0 Å². The summed E-state index contributed by atoms with van der Waals surface area (Å²) in [5.41, 5.74) is 1.46. The molecule has 4 aliphatic carbocycles. The Morgan fingerprint density at radius 1 is 1.00 bits per heavy atom. The van der Waals surface area contributed by atoms with Crippen LogP contribution in [0, 0.1) is 22.7 Å². The second-order valence-electron chi connectivity index (χ2n) is 4.35. The van der Waals surface area contributed by atoms with E-state index < -0.39 is 0 Å². The minimum Gasteiger partial charge on any atom is -0.0807 e. The molecular weight excluding hydrogens is 120 g/mol. The molecule has 0 aromatic carbocycles. The Hall–Kier alpha value is -0.520. The molecule has 4 rings (SSSR count). The summed E-state index contributed by atoms with van der Waals surface area (Å²) in [4.78, 5) is 0. The van der Waals surface area contributed by atoms with Crippen molar-refractivity contribution in [1.82, 2.24) is 0 Å². The second kappa shape index (κ2) is 0.861. The second-order valence-corrected chi connectivity index (χ2v) is 4.35. The maximum atomic E-state index is 2.51. The van der Waals surface area contributed by atoms with Crippen LogP contribution in [0.1, 0.15) is 12.8 Å². The molecule has 2 spiro atoms. The van der Waals surface area contributed by atoms with Crippen molar-refractivity contribution in [3.05, 3.63) is 24.3 Å². The molecule has 0 aromatic heterocycles. The van der Waals surface area contributed by atoms with Crippen LogP contribution < -0.4 is 0 Å². The SMILES string of the molecule is C1=CC23CCC24C=CC1C34. The highest BCUT2D eigenvalue weighted by Gasteiger charge is 2.83. The zero-order valence-corrected chi connectivity index (χ0v) is 5.88. The van der Waals surface area contributed by atoms with E-state index in [9.17, 15) is 0 Å². The summed E-state index contributed by atoms with van der Waals surface area (Å²) >= 11 is 0. The first-order valence-corrected chi connectivity index (χ1v) is 4.28. The van der Waals surface area contributed by atoms with Gasteiger partial charge >= 0.3 is 0 Å². The molecule has 0 heterocycles. The number of hydrogen-bond donors (Lipinski definition) is 0. The summed E-state index contributed by atoms with van der Waals surface area (Å²) in [5.74, 6) is 1.89. The van der Waals surface area contributed by atoms with Crippen LogP contribution >= 0.6 is 0 Å². The van der Waals surface area contributed by atoms with Gasteiger partial charge in [0.1, 0.15) is 0 Å². The fraction of sp³-hybridized carbons (Fsp3) is 0.600. The van der Waals surface area contributed by atoms with Crippen LogP contribution in [0.5, 0.6) is 0 Å². The normalized spacial score (nSPS) is 71.2. The summed E-state index contributed by atoms with van der Waals surface area (Å²) in [6.07, 6.45) is 12.8. The summed E-state index contributed by atoms with van der Waals surface area (Å²) in [5, 5.41) is 0. The van der Waals surface area contributed by atoms with Gasteiger partial charge in [-0.3, -0.25) is 0 Å². The highest BCUT2D eigenvalue weighted by molar-refractivity contribution is 5.51. The van der Waals surface area contributed by atoms with Crippen molar-refractivity contribution in [2.45, 2.75) is 12.8 Å². The van der Waals surface area contributed by atoms with Crippen LogP contribution in [0.15, 0.2) is 24.3 Å². The molecule has 10 heavy (non-hydrogen) atoms. The molecule has 0 bridgehead atoms. The molecule has 50 valence electrons. The van der Waals surface area contributed by atoms with Crippen LogP contribution in [-0.2, 0) is 0 Å². The highest BCUT2D eigenvalue weighted by atomic mass is 14.9. The minimum atomic E-state index is 0.729. The van der Waals surface area contributed by atoms with Gasteiger partial charge in [0.25, 0.3) is 0 Å². The zero-order valence-electron chi connectivity index (χ0n) is 5.88. The van der Waals surface area contributed by atoms with E-state index in [1.807, 2.05) is 0 Å². The molecule has 0 nitrogen and oxygen atoms in total. The van der Waals surface area contributed by atoms with Crippen LogP contribution in [0.2, 0.25) is 0 Å². The number of allylic oxidation sites excluding steroid dienone is 4. The monoisotopic (exact) mass is 130 g/mol. The average Bonchev–Trinajstić information content (AvgIpc) is 2.35. The molecule has 0 amide bonds. The first-order chi connectivity index (χ1) is 4.89. The molecule has 2 unspecified atom stereocenters. The van der Waals surface area contributed by atoms with Crippen molar-refractivity contribution < 1.29 is 0 Å². The number of rotatable bonds is 0. The minimum absolute atomic E-state index is 0.729. The molecular formula is C10H10. The molecule has 0 aromatic rings. The van der Waals surface area contributed by atoms with Gasteiger partial charge in [0.2, 0.25) is 0 Å². The van der Waals surface area contributed by atoms with Gasteiger partial charge in [0.05, 0.1) is 0 Å². The Morgan fingerprint density at radius 3 is 2.00 bits per heavy atom. The fourth-order valence-corrected chi connectivity index (χ4v) is 3.92. The summed E-state index contributed by atoms with van der Waals surface area (Å²) < 4.78 is 0. The van der Waals surface area contributed by atoms with Crippen LogP contribution in [0.25, 0.3) is 0 Å². The summed E-state index contributed by atoms with van der Waals surface area (Å²) in [7, 11) is 0. The van der Waals surface area contributed by atoms with E-state index in [0.717, 1.165) is 22.7 Å². The standard InChI is InChI=1S/C10H10/c1-3-9-5-6-10(9)4-2-7(1)8(9)10/h1-4,7-8H,5-6H2.